The van der Waals surface area contributed by atoms with Gasteiger partial charge in [0.25, 0.3) is 0 Å². The molecule has 4 nitrogen and oxygen atoms in total. The van der Waals surface area contributed by atoms with Crippen molar-refractivity contribution in [2.24, 2.45) is 10.9 Å². The fourth-order valence-corrected chi connectivity index (χ4v) is 1.70. The fourth-order valence-electron chi connectivity index (χ4n) is 1.70. The van der Waals surface area contributed by atoms with Crippen LogP contribution < -0.4 is 5.36 Å². The predicted molar refractivity (Wildman–Crippen MR) is 66.9 cm³/mol. The first-order valence-corrected chi connectivity index (χ1v) is 6.02. The van der Waals surface area contributed by atoms with Crippen molar-refractivity contribution in [3.63, 3.8) is 0 Å². The zero-order valence-electron chi connectivity index (χ0n) is 9.86. The van der Waals surface area contributed by atoms with Crippen LogP contribution in [0.1, 0.15) is 12.8 Å². The van der Waals surface area contributed by atoms with Crippen molar-refractivity contribution in [3.8, 4) is 5.69 Å². The summed E-state index contributed by atoms with van der Waals surface area (Å²) < 4.78 is 1.75. The highest BCUT2D eigenvalue weighted by Gasteiger charge is 2.28. The van der Waals surface area contributed by atoms with Gasteiger partial charge in [-0.25, -0.2) is 9.67 Å². The molecule has 1 aromatic heterocycles. The van der Waals surface area contributed by atoms with Gasteiger partial charge in [-0.05, 0) is 31.0 Å². The molecule has 0 spiro atoms. The van der Waals surface area contributed by atoms with Crippen molar-refractivity contribution in [3.05, 3.63) is 54.1 Å². The van der Waals surface area contributed by atoms with E-state index in [1.54, 1.807) is 16.9 Å². The smallest absolute Gasteiger partial charge is 0.249 e. The summed E-state index contributed by atoms with van der Waals surface area (Å²) in [7, 11) is 0. The highest BCUT2D eigenvalue weighted by atomic mass is 16.1. The quantitative estimate of drug-likeness (QED) is 0.801. The van der Waals surface area contributed by atoms with Gasteiger partial charge in [0.05, 0.1) is 17.2 Å². The van der Waals surface area contributed by atoms with Gasteiger partial charge in [-0.1, -0.05) is 18.2 Å². The summed E-state index contributed by atoms with van der Waals surface area (Å²) in [5, 5.41) is 4.88. The minimum Gasteiger partial charge on any atom is -0.272 e. The van der Waals surface area contributed by atoms with Crippen LogP contribution in [0.5, 0.6) is 0 Å². The third-order valence-electron chi connectivity index (χ3n) is 2.89. The highest BCUT2D eigenvalue weighted by molar-refractivity contribution is 5.81. The van der Waals surface area contributed by atoms with Gasteiger partial charge in [0.15, 0.2) is 0 Å². The molecule has 1 fully saturated rings. The number of aromatic nitrogens is 2. The van der Waals surface area contributed by atoms with E-state index in [0.29, 0.717) is 5.36 Å². The van der Waals surface area contributed by atoms with E-state index in [1.807, 2.05) is 36.5 Å². The zero-order valence-corrected chi connectivity index (χ0v) is 9.86. The average molecular weight is 239 g/mol. The Morgan fingerprint density at radius 1 is 1.22 bits per heavy atom. The lowest BCUT2D eigenvalue weighted by atomic mass is 10.3. The molecule has 3 rings (SSSR count). The predicted octanol–water partition coefficient (Wildman–Crippen LogP) is 1.71. The first-order valence-electron chi connectivity index (χ1n) is 6.02. The standard InChI is InChI=1S/C14H13N3O/c18-14(11-6-7-11)16-12-8-9-17(15-10-12)13-4-2-1-3-5-13/h1-5,8-11H,6-7H2/b16-12+. The van der Waals surface area contributed by atoms with Crippen molar-refractivity contribution >= 4 is 5.91 Å². The topological polar surface area (TPSA) is 47.2 Å². The maximum Gasteiger partial charge on any atom is 0.249 e. The Balaban J connectivity index is 1.87. The Bertz CT molecular complexity index is 606. The molecule has 18 heavy (non-hydrogen) atoms. The van der Waals surface area contributed by atoms with E-state index in [4.69, 9.17) is 0 Å². The molecule has 1 heterocycles. The zero-order chi connectivity index (χ0) is 12.4. The molecule has 4 heteroatoms. The molecule has 0 bridgehead atoms. The van der Waals surface area contributed by atoms with Crippen molar-refractivity contribution in [1.29, 1.82) is 0 Å². The van der Waals surface area contributed by atoms with Gasteiger partial charge in [-0.2, -0.15) is 5.10 Å². The summed E-state index contributed by atoms with van der Waals surface area (Å²) in [6, 6.07) is 11.6. The van der Waals surface area contributed by atoms with Crippen molar-refractivity contribution in [2.45, 2.75) is 12.8 Å². The maximum absolute atomic E-state index is 11.5. The van der Waals surface area contributed by atoms with Crippen molar-refractivity contribution in [1.82, 2.24) is 9.78 Å². The Labute approximate surface area is 105 Å². The molecule has 1 aromatic carbocycles. The van der Waals surface area contributed by atoms with E-state index in [-0.39, 0.29) is 11.8 Å². The number of hydrogen-bond donors (Lipinski definition) is 0. The van der Waals surface area contributed by atoms with Crippen molar-refractivity contribution < 1.29 is 4.79 Å². The van der Waals surface area contributed by atoms with Crippen molar-refractivity contribution in [2.75, 3.05) is 0 Å². The number of rotatable bonds is 2. The van der Waals surface area contributed by atoms with Crippen LogP contribution in [0.4, 0.5) is 0 Å². The van der Waals surface area contributed by atoms with Crippen LogP contribution in [0.25, 0.3) is 5.69 Å². The SMILES string of the molecule is O=C(/N=c1\ccn(-c2ccccc2)nc1)C1CC1. The number of nitrogens with zero attached hydrogens (tertiary/aromatic N) is 3. The molecular formula is C14H13N3O. The summed E-state index contributed by atoms with van der Waals surface area (Å²) in [5.74, 6) is 0.140. The van der Waals surface area contributed by atoms with Crippen LogP contribution in [-0.2, 0) is 4.79 Å². The molecule has 0 saturated heterocycles. The third kappa shape index (κ3) is 2.37. The second-order valence-electron chi connectivity index (χ2n) is 4.39. The Hall–Kier alpha value is -2.23. The van der Waals surface area contributed by atoms with Crippen LogP contribution in [0.2, 0.25) is 0 Å². The number of para-hydroxylation sites is 1. The Kier molecular flexibility index (Phi) is 2.76. The second-order valence-corrected chi connectivity index (χ2v) is 4.39. The molecule has 0 radical (unpaired) electrons. The van der Waals surface area contributed by atoms with Crippen LogP contribution in [0.3, 0.4) is 0 Å². The molecule has 0 N–H and O–H groups in total. The van der Waals surface area contributed by atoms with Crippen LogP contribution in [-0.4, -0.2) is 15.7 Å². The third-order valence-corrected chi connectivity index (χ3v) is 2.89. The first-order chi connectivity index (χ1) is 8.83. The van der Waals surface area contributed by atoms with Crippen LogP contribution >= 0.6 is 0 Å². The Morgan fingerprint density at radius 3 is 2.61 bits per heavy atom. The number of hydrogen-bond acceptors (Lipinski definition) is 2. The van der Waals surface area contributed by atoms with Crippen LogP contribution in [0.15, 0.2) is 53.8 Å². The summed E-state index contributed by atoms with van der Waals surface area (Å²) >= 11 is 0. The van der Waals surface area contributed by atoms with E-state index in [2.05, 4.69) is 10.1 Å². The summed E-state index contributed by atoms with van der Waals surface area (Å²) in [6.07, 6.45) is 5.39. The maximum atomic E-state index is 11.5. The van der Waals surface area contributed by atoms with Gasteiger partial charge in [0.1, 0.15) is 0 Å². The number of benzene rings is 1. The lowest BCUT2D eigenvalue weighted by molar-refractivity contribution is -0.119. The molecule has 0 aliphatic heterocycles. The fraction of sp³-hybridized carbons (Fsp3) is 0.214. The van der Waals surface area contributed by atoms with Gasteiger partial charge in [0, 0.05) is 12.1 Å². The van der Waals surface area contributed by atoms with Gasteiger partial charge < -0.3 is 0 Å². The number of carbonyl (C=O) groups is 1. The molecule has 1 aliphatic carbocycles. The van der Waals surface area contributed by atoms with Gasteiger partial charge in [-0.15, -0.1) is 0 Å². The number of carbonyl (C=O) groups excluding carboxylic acids is 1. The first kappa shape index (κ1) is 10.9. The van der Waals surface area contributed by atoms with E-state index in [0.717, 1.165) is 18.5 Å². The number of amides is 1. The van der Waals surface area contributed by atoms with Gasteiger partial charge in [0.2, 0.25) is 5.91 Å². The molecule has 2 aromatic rings. The summed E-state index contributed by atoms with van der Waals surface area (Å²) in [5.41, 5.74) is 0.984. The molecule has 0 unspecified atom stereocenters. The highest BCUT2D eigenvalue weighted by Crippen LogP contribution is 2.29. The molecule has 1 saturated carbocycles. The van der Waals surface area contributed by atoms with Gasteiger partial charge in [-0.3, -0.25) is 4.79 Å². The monoisotopic (exact) mass is 239 g/mol. The van der Waals surface area contributed by atoms with E-state index in [1.165, 1.54) is 0 Å². The molecule has 90 valence electrons. The lowest BCUT2D eigenvalue weighted by Crippen LogP contribution is -2.11. The minimum absolute atomic E-state index is 0.0192. The largest absolute Gasteiger partial charge is 0.272 e. The van der Waals surface area contributed by atoms with E-state index < -0.39 is 0 Å². The minimum atomic E-state index is -0.0192. The van der Waals surface area contributed by atoms with E-state index in [9.17, 15) is 4.79 Å². The summed E-state index contributed by atoms with van der Waals surface area (Å²) in [6.45, 7) is 0. The Morgan fingerprint density at radius 2 is 2.00 bits per heavy atom. The normalized spacial score (nSPS) is 15.7. The second kappa shape index (κ2) is 4.56. The molecule has 0 atom stereocenters. The molecular weight excluding hydrogens is 226 g/mol. The van der Waals surface area contributed by atoms with Gasteiger partial charge >= 0.3 is 0 Å². The molecule has 1 aliphatic rings. The summed E-state index contributed by atoms with van der Waals surface area (Å²) in [4.78, 5) is 15.6. The average Bonchev–Trinajstić information content (AvgIpc) is 3.25. The lowest BCUT2D eigenvalue weighted by Gasteiger charge is -2.03. The van der Waals surface area contributed by atoms with Crippen LogP contribution in [0, 0.1) is 5.92 Å². The molecule has 1 amide bonds. The van der Waals surface area contributed by atoms with E-state index >= 15 is 0 Å².